The monoisotopic (exact) mass is 469 g/mol. The molecule has 1 aliphatic heterocycles. The normalized spacial score (nSPS) is 14.1. The number of hydrogen-bond donors (Lipinski definition) is 2. The van der Waals surface area contributed by atoms with E-state index in [1.165, 1.54) is 4.31 Å². The molecular formula is C22H23N5O3S2. The molecule has 0 unspecified atom stereocenters. The van der Waals surface area contributed by atoms with Gasteiger partial charge in [-0.2, -0.15) is 4.31 Å². The van der Waals surface area contributed by atoms with Gasteiger partial charge in [0.15, 0.2) is 10.9 Å². The molecule has 1 aliphatic rings. The summed E-state index contributed by atoms with van der Waals surface area (Å²) in [7, 11) is -3.40. The third-order valence-electron chi connectivity index (χ3n) is 4.93. The van der Waals surface area contributed by atoms with Crippen molar-refractivity contribution in [3.63, 3.8) is 0 Å². The number of aromatic nitrogens is 2. The molecule has 3 aromatic rings. The molecule has 0 bridgehead atoms. The van der Waals surface area contributed by atoms with Gasteiger partial charge in [-0.3, -0.25) is 0 Å². The Hall–Kier alpha value is -3.08. The van der Waals surface area contributed by atoms with Gasteiger partial charge >= 0.3 is 0 Å². The average molecular weight is 470 g/mol. The molecule has 1 aromatic heterocycles. The van der Waals surface area contributed by atoms with Crippen LogP contribution in [0.1, 0.15) is 18.4 Å². The van der Waals surface area contributed by atoms with Crippen molar-refractivity contribution in [1.29, 1.82) is 0 Å². The maximum atomic E-state index is 12.6. The minimum atomic E-state index is -3.40. The molecule has 2 heterocycles. The molecule has 0 amide bonds. The number of sulfonamides is 1. The number of nitrogens with one attached hydrogen (secondary N) is 2. The molecule has 10 heteroatoms. The van der Waals surface area contributed by atoms with Crippen molar-refractivity contribution in [2.45, 2.75) is 24.3 Å². The van der Waals surface area contributed by atoms with Crippen LogP contribution in [0.2, 0.25) is 0 Å². The molecular weight excluding hydrogens is 446 g/mol. The zero-order valence-corrected chi connectivity index (χ0v) is 18.9. The topological polar surface area (TPSA) is 96.5 Å². The molecule has 0 radical (unpaired) electrons. The summed E-state index contributed by atoms with van der Waals surface area (Å²) in [5.41, 5.74) is 0.909. The van der Waals surface area contributed by atoms with Gasteiger partial charge in [-0.1, -0.05) is 30.3 Å². The van der Waals surface area contributed by atoms with Crippen LogP contribution in [0.4, 0.5) is 5.82 Å². The molecule has 8 nitrogen and oxygen atoms in total. The van der Waals surface area contributed by atoms with Gasteiger partial charge in [0, 0.05) is 25.7 Å². The largest absolute Gasteiger partial charge is 0.438 e. The van der Waals surface area contributed by atoms with Crippen molar-refractivity contribution in [3.05, 3.63) is 72.3 Å². The van der Waals surface area contributed by atoms with Crippen LogP contribution in [-0.2, 0) is 16.6 Å². The van der Waals surface area contributed by atoms with Gasteiger partial charge in [0.2, 0.25) is 15.9 Å². The van der Waals surface area contributed by atoms with Crippen LogP contribution in [0.5, 0.6) is 11.6 Å². The van der Waals surface area contributed by atoms with E-state index in [2.05, 4.69) is 20.8 Å². The maximum Gasteiger partial charge on any atom is 0.243 e. The zero-order valence-electron chi connectivity index (χ0n) is 17.3. The first-order chi connectivity index (χ1) is 15.5. The zero-order chi connectivity index (χ0) is 22.4. The lowest BCUT2D eigenvalue weighted by Crippen LogP contribution is -2.29. The molecule has 0 spiro atoms. The smallest absolute Gasteiger partial charge is 0.243 e. The third-order valence-corrected chi connectivity index (χ3v) is 7.09. The van der Waals surface area contributed by atoms with Gasteiger partial charge in [-0.15, -0.1) is 10.2 Å². The maximum absolute atomic E-state index is 12.6. The second-order valence-electron chi connectivity index (χ2n) is 7.23. The standard InChI is InChI=1S/C22H23N5O3S2/c28-32(29,27-14-4-5-15-27)19-10-8-17(9-11-19)16-23-22(31)24-20-12-13-21(26-25-20)30-18-6-2-1-3-7-18/h1-3,6-13H,4-5,14-16H2,(H2,23,24,25,31). The van der Waals surface area contributed by atoms with Gasteiger partial charge in [0.05, 0.1) is 4.90 Å². The molecule has 0 saturated carbocycles. The number of thiocarbonyl (C=S) groups is 1. The van der Waals surface area contributed by atoms with Crippen LogP contribution < -0.4 is 15.4 Å². The van der Waals surface area contributed by atoms with Crippen LogP contribution in [0.25, 0.3) is 0 Å². The Kier molecular flexibility index (Phi) is 6.93. The average Bonchev–Trinajstić information content (AvgIpc) is 3.36. The summed E-state index contributed by atoms with van der Waals surface area (Å²) in [6.07, 6.45) is 1.83. The summed E-state index contributed by atoms with van der Waals surface area (Å²) in [6, 6.07) is 19.6. The van der Waals surface area contributed by atoms with Crippen molar-refractivity contribution < 1.29 is 13.2 Å². The minimum Gasteiger partial charge on any atom is -0.438 e. The fourth-order valence-electron chi connectivity index (χ4n) is 3.25. The van der Waals surface area contributed by atoms with Gasteiger partial charge < -0.3 is 15.4 Å². The molecule has 0 atom stereocenters. The summed E-state index contributed by atoms with van der Waals surface area (Å²) >= 11 is 5.31. The molecule has 4 rings (SSSR count). The van der Waals surface area contributed by atoms with Crippen LogP contribution in [-0.4, -0.2) is 41.1 Å². The van der Waals surface area contributed by atoms with E-state index < -0.39 is 10.0 Å². The number of anilines is 1. The summed E-state index contributed by atoms with van der Waals surface area (Å²) in [5.74, 6) is 1.54. The number of benzene rings is 2. The molecule has 1 saturated heterocycles. The van der Waals surface area contributed by atoms with Gasteiger partial charge in [-0.25, -0.2) is 8.42 Å². The number of rotatable bonds is 7. The van der Waals surface area contributed by atoms with Crippen molar-refractivity contribution >= 4 is 33.2 Å². The molecule has 2 aromatic carbocycles. The SMILES string of the molecule is O=S(=O)(c1ccc(CNC(=S)Nc2ccc(Oc3ccccc3)nn2)cc1)N1CCCC1. The quantitative estimate of drug-likeness (QED) is 0.507. The molecule has 166 valence electrons. The predicted octanol–water partition coefficient (Wildman–Crippen LogP) is 3.54. The highest BCUT2D eigenvalue weighted by atomic mass is 32.2. The van der Waals surface area contributed by atoms with Crippen LogP contribution in [0.15, 0.2) is 71.6 Å². The lowest BCUT2D eigenvalue weighted by molar-refractivity contribution is 0.455. The third kappa shape index (κ3) is 5.58. The van der Waals surface area contributed by atoms with E-state index >= 15 is 0 Å². The van der Waals surface area contributed by atoms with E-state index in [1.807, 2.05) is 30.3 Å². The minimum absolute atomic E-state index is 0.317. The number of para-hydroxylation sites is 1. The number of hydrogen-bond acceptors (Lipinski definition) is 6. The number of nitrogens with zero attached hydrogens (tertiary/aromatic N) is 3. The van der Waals surface area contributed by atoms with Gasteiger partial charge in [0.25, 0.3) is 0 Å². The molecule has 2 N–H and O–H groups in total. The van der Waals surface area contributed by atoms with Crippen molar-refractivity contribution in [2.24, 2.45) is 0 Å². The first-order valence-corrected chi connectivity index (χ1v) is 12.1. The first-order valence-electron chi connectivity index (χ1n) is 10.2. The molecule has 1 fully saturated rings. The van der Waals surface area contributed by atoms with Gasteiger partial charge in [0.1, 0.15) is 5.75 Å². The Bertz CT molecular complexity index is 1150. The summed E-state index contributed by atoms with van der Waals surface area (Å²) in [6.45, 7) is 1.63. The highest BCUT2D eigenvalue weighted by Crippen LogP contribution is 2.21. The van der Waals surface area contributed by atoms with Crippen molar-refractivity contribution in [3.8, 4) is 11.6 Å². The van der Waals surface area contributed by atoms with E-state index in [1.54, 1.807) is 36.4 Å². The Balaban J connectivity index is 1.27. The Morgan fingerprint density at radius 1 is 0.969 bits per heavy atom. The second kappa shape index (κ2) is 10.0. The van der Waals surface area contributed by atoms with E-state index in [4.69, 9.17) is 17.0 Å². The van der Waals surface area contributed by atoms with Crippen molar-refractivity contribution in [1.82, 2.24) is 19.8 Å². The van der Waals surface area contributed by atoms with Crippen LogP contribution in [0, 0.1) is 0 Å². The van der Waals surface area contributed by atoms with Crippen LogP contribution in [0.3, 0.4) is 0 Å². The fourth-order valence-corrected chi connectivity index (χ4v) is 4.94. The summed E-state index contributed by atoms with van der Waals surface area (Å²) < 4.78 is 32.4. The van der Waals surface area contributed by atoms with E-state index in [0.717, 1.165) is 18.4 Å². The van der Waals surface area contributed by atoms with Crippen molar-refractivity contribution in [2.75, 3.05) is 18.4 Å². The van der Waals surface area contributed by atoms with E-state index in [-0.39, 0.29) is 0 Å². The highest BCUT2D eigenvalue weighted by Gasteiger charge is 2.26. The first kappa shape index (κ1) is 22.1. The fraction of sp³-hybridized carbons (Fsp3) is 0.227. The Morgan fingerprint density at radius 3 is 2.34 bits per heavy atom. The molecule has 32 heavy (non-hydrogen) atoms. The second-order valence-corrected chi connectivity index (χ2v) is 9.58. The van der Waals surface area contributed by atoms with E-state index in [0.29, 0.717) is 47.1 Å². The Labute approximate surface area is 192 Å². The van der Waals surface area contributed by atoms with Gasteiger partial charge in [-0.05, 0) is 61.0 Å². The number of ether oxygens (including phenoxy) is 1. The summed E-state index contributed by atoms with van der Waals surface area (Å²) in [4.78, 5) is 0.317. The predicted molar refractivity (Wildman–Crippen MR) is 126 cm³/mol. The highest BCUT2D eigenvalue weighted by molar-refractivity contribution is 7.89. The molecule has 0 aliphatic carbocycles. The Morgan fingerprint density at radius 2 is 1.69 bits per heavy atom. The lowest BCUT2D eigenvalue weighted by Gasteiger charge is -2.16. The summed E-state index contributed by atoms with van der Waals surface area (Å²) in [5, 5.41) is 14.5. The van der Waals surface area contributed by atoms with Crippen LogP contribution >= 0.6 is 12.2 Å². The lowest BCUT2D eigenvalue weighted by atomic mass is 10.2. The van der Waals surface area contributed by atoms with E-state index in [9.17, 15) is 8.42 Å².